The van der Waals surface area contributed by atoms with Gasteiger partial charge in [-0.15, -0.1) is 0 Å². The zero-order valence-corrected chi connectivity index (χ0v) is 19.5. The first-order valence-corrected chi connectivity index (χ1v) is 11.8. The van der Waals surface area contributed by atoms with E-state index in [0.29, 0.717) is 31.8 Å². The number of carbonyl (C=O) groups is 1. The van der Waals surface area contributed by atoms with E-state index in [4.69, 9.17) is 14.2 Å². The molecule has 3 saturated heterocycles. The standard InChI is InChI=1S/C24H36N4O4/c1-17-14-28(15-18(2)32-17)23(29)20-8-6-19(7-9-20)13-26-24(25-3)27-10-12-31-22(16-27)21-5-4-11-30-21/h6-9,17-18,21-22H,4-5,10-16H2,1-3H3,(H,25,26). The fraction of sp³-hybridized carbons (Fsp3) is 0.667. The second-order valence-corrected chi connectivity index (χ2v) is 8.97. The second-order valence-electron chi connectivity index (χ2n) is 8.97. The lowest BCUT2D eigenvalue weighted by molar-refractivity contribution is -0.0817. The van der Waals surface area contributed by atoms with Gasteiger partial charge in [0.25, 0.3) is 5.91 Å². The van der Waals surface area contributed by atoms with Gasteiger partial charge in [-0.05, 0) is 44.4 Å². The molecule has 4 rings (SSSR count). The summed E-state index contributed by atoms with van der Waals surface area (Å²) in [4.78, 5) is 21.5. The van der Waals surface area contributed by atoms with Gasteiger partial charge in [0, 0.05) is 51.9 Å². The Morgan fingerprint density at radius 3 is 2.41 bits per heavy atom. The van der Waals surface area contributed by atoms with Gasteiger partial charge >= 0.3 is 0 Å². The smallest absolute Gasteiger partial charge is 0.254 e. The number of nitrogens with one attached hydrogen (secondary N) is 1. The van der Waals surface area contributed by atoms with Gasteiger partial charge in [-0.25, -0.2) is 0 Å². The first-order valence-electron chi connectivity index (χ1n) is 11.8. The third-order valence-electron chi connectivity index (χ3n) is 6.34. The third kappa shape index (κ3) is 5.60. The number of morpholine rings is 2. The molecule has 8 heteroatoms. The molecule has 4 unspecified atom stereocenters. The lowest BCUT2D eigenvalue weighted by Crippen LogP contribution is -2.53. The molecule has 1 N–H and O–H groups in total. The van der Waals surface area contributed by atoms with E-state index in [0.717, 1.165) is 44.1 Å². The maximum Gasteiger partial charge on any atom is 0.254 e. The lowest BCUT2D eigenvalue weighted by atomic mass is 10.1. The number of nitrogens with zero attached hydrogens (tertiary/aromatic N) is 3. The van der Waals surface area contributed by atoms with Gasteiger partial charge in [0.05, 0.1) is 24.9 Å². The Bertz CT molecular complexity index is 784. The summed E-state index contributed by atoms with van der Waals surface area (Å²) < 4.78 is 17.5. The van der Waals surface area contributed by atoms with Crippen LogP contribution >= 0.6 is 0 Å². The fourth-order valence-electron chi connectivity index (χ4n) is 4.79. The first kappa shape index (κ1) is 23.0. The van der Waals surface area contributed by atoms with Crippen LogP contribution < -0.4 is 5.32 Å². The summed E-state index contributed by atoms with van der Waals surface area (Å²) in [6.45, 7) is 9.05. The van der Waals surface area contributed by atoms with Gasteiger partial charge in [-0.3, -0.25) is 9.79 Å². The van der Waals surface area contributed by atoms with Crippen molar-refractivity contribution in [2.45, 2.75) is 57.6 Å². The van der Waals surface area contributed by atoms with E-state index < -0.39 is 0 Å². The van der Waals surface area contributed by atoms with Gasteiger partial charge in [0.15, 0.2) is 5.96 Å². The summed E-state index contributed by atoms with van der Waals surface area (Å²) in [5, 5.41) is 3.46. The summed E-state index contributed by atoms with van der Waals surface area (Å²) in [7, 11) is 1.81. The minimum Gasteiger partial charge on any atom is -0.375 e. The van der Waals surface area contributed by atoms with Crippen LogP contribution in [0.5, 0.6) is 0 Å². The van der Waals surface area contributed by atoms with Crippen LogP contribution in [-0.2, 0) is 20.8 Å². The number of carbonyl (C=O) groups excluding carboxylic acids is 1. The summed E-state index contributed by atoms with van der Waals surface area (Å²) >= 11 is 0. The molecule has 1 aromatic rings. The Balaban J connectivity index is 1.30. The molecular weight excluding hydrogens is 408 g/mol. The van der Waals surface area contributed by atoms with E-state index in [2.05, 4.69) is 15.2 Å². The highest BCUT2D eigenvalue weighted by atomic mass is 16.5. The number of ether oxygens (including phenoxy) is 3. The Labute approximate surface area is 190 Å². The van der Waals surface area contributed by atoms with Gasteiger partial charge in [-0.2, -0.15) is 0 Å². The predicted octanol–water partition coefficient (Wildman–Crippen LogP) is 1.89. The number of rotatable bonds is 4. The average Bonchev–Trinajstić information content (AvgIpc) is 3.34. The van der Waals surface area contributed by atoms with Crippen molar-refractivity contribution in [3.05, 3.63) is 35.4 Å². The van der Waals surface area contributed by atoms with Crippen LogP contribution in [-0.4, -0.2) is 92.5 Å². The van der Waals surface area contributed by atoms with Crippen LogP contribution in [0.1, 0.15) is 42.6 Å². The monoisotopic (exact) mass is 444 g/mol. The van der Waals surface area contributed by atoms with Crippen molar-refractivity contribution in [2.24, 2.45) is 4.99 Å². The van der Waals surface area contributed by atoms with Crippen molar-refractivity contribution in [3.63, 3.8) is 0 Å². The van der Waals surface area contributed by atoms with Gasteiger partial charge < -0.3 is 29.3 Å². The summed E-state index contributed by atoms with van der Waals surface area (Å²) in [5.74, 6) is 0.934. The summed E-state index contributed by atoms with van der Waals surface area (Å²) in [6.07, 6.45) is 2.60. The minimum atomic E-state index is 0.0656. The molecule has 0 spiro atoms. The molecule has 0 saturated carbocycles. The number of amides is 1. The highest BCUT2D eigenvalue weighted by molar-refractivity contribution is 5.94. The van der Waals surface area contributed by atoms with Crippen molar-refractivity contribution in [1.29, 1.82) is 0 Å². The van der Waals surface area contributed by atoms with Crippen molar-refractivity contribution in [3.8, 4) is 0 Å². The van der Waals surface area contributed by atoms with Crippen molar-refractivity contribution < 1.29 is 19.0 Å². The summed E-state index contributed by atoms with van der Waals surface area (Å²) in [6, 6.07) is 7.84. The summed E-state index contributed by atoms with van der Waals surface area (Å²) in [5.41, 5.74) is 1.82. The molecule has 32 heavy (non-hydrogen) atoms. The Kier molecular flexibility index (Phi) is 7.65. The van der Waals surface area contributed by atoms with Gasteiger partial charge in [0.2, 0.25) is 0 Å². The van der Waals surface area contributed by atoms with E-state index in [1.807, 2.05) is 50.1 Å². The number of guanidine groups is 1. The molecular formula is C24H36N4O4. The molecule has 8 nitrogen and oxygen atoms in total. The second kappa shape index (κ2) is 10.6. The Hall–Kier alpha value is -2.16. The normalized spacial score (nSPS) is 29.3. The van der Waals surface area contributed by atoms with Crippen LogP contribution in [0.25, 0.3) is 0 Å². The van der Waals surface area contributed by atoms with Crippen molar-refractivity contribution >= 4 is 11.9 Å². The van der Waals surface area contributed by atoms with Crippen LogP contribution in [0, 0.1) is 0 Å². The molecule has 4 atom stereocenters. The molecule has 1 aromatic carbocycles. The maximum absolute atomic E-state index is 12.9. The highest BCUT2D eigenvalue weighted by Crippen LogP contribution is 2.21. The van der Waals surface area contributed by atoms with Crippen molar-refractivity contribution in [1.82, 2.24) is 15.1 Å². The fourth-order valence-corrected chi connectivity index (χ4v) is 4.79. The Morgan fingerprint density at radius 2 is 1.75 bits per heavy atom. The van der Waals surface area contributed by atoms with E-state index in [1.165, 1.54) is 0 Å². The van der Waals surface area contributed by atoms with Crippen LogP contribution in [0.3, 0.4) is 0 Å². The van der Waals surface area contributed by atoms with Gasteiger partial charge in [0.1, 0.15) is 6.10 Å². The van der Waals surface area contributed by atoms with Crippen molar-refractivity contribution in [2.75, 3.05) is 46.4 Å². The number of benzene rings is 1. The van der Waals surface area contributed by atoms with E-state index in [1.54, 1.807) is 0 Å². The number of hydrogen-bond acceptors (Lipinski definition) is 5. The van der Waals surface area contributed by atoms with E-state index in [-0.39, 0.29) is 30.3 Å². The molecule has 3 heterocycles. The highest BCUT2D eigenvalue weighted by Gasteiger charge is 2.32. The minimum absolute atomic E-state index is 0.0656. The van der Waals surface area contributed by atoms with E-state index >= 15 is 0 Å². The topological polar surface area (TPSA) is 75.6 Å². The number of hydrogen-bond donors (Lipinski definition) is 1. The molecule has 176 valence electrons. The van der Waals surface area contributed by atoms with Crippen LogP contribution in [0.15, 0.2) is 29.3 Å². The zero-order chi connectivity index (χ0) is 22.5. The quantitative estimate of drug-likeness (QED) is 0.565. The largest absolute Gasteiger partial charge is 0.375 e. The molecule has 3 aliphatic rings. The predicted molar refractivity (Wildman–Crippen MR) is 123 cm³/mol. The van der Waals surface area contributed by atoms with E-state index in [9.17, 15) is 4.79 Å². The van der Waals surface area contributed by atoms with Crippen LogP contribution in [0.2, 0.25) is 0 Å². The molecule has 0 radical (unpaired) electrons. The lowest BCUT2D eigenvalue weighted by Gasteiger charge is -2.37. The Morgan fingerprint density at radius 1 is 1.03 bits per heavy atom. The maximum atomic E-state index is 12.9. The molecule has 0 aliphatic carbocycles. The molecule has 0 aromatic heterocycles. The molecule has 3 fully saturated rings. The third-order valence-corrected chi connectivity index (χ3v) is 6.34. The number of aliphatic imine (C=N–C) groups is 1. The SMILES string of the molecule is CN=C(NCc1ccc(C(=O)N2CC(C)OC(C)C2)cc1)N1CCOC(C2CCCO2)C1. The van der Waals surface area contributed by atoms with Crippen LogP contribution in [0.4, 0.5) is 0 Å². The van der Waals surface area contributed by atoms with Gasteiger partial charge in [-0.1, -0.05) is 12.1 Å². The molecule has 3 aliphatic heterocycles. The molecule has 1 amide bonds. The zero-order valence-electron chi connectivity index (χ0n) is 19.5. The molecule has 0 bridgehead atoms. The first-order chi connectivity index (χ1) is 15.5. The average molecular weight is 445 g/mol.